The van der Waals surface area contributed by atoms with Crippen molar-refractivity contribution in [3.63, 3.8) is 0 Å². The molecule has 0 spiro atoms. The Labute approximate surface area is 167 Å². The zero-order valence-electron chi connectivity index (χ0n) is 16.0. The van der Waals surface area contributed by atoms with E-state index < -0.39 is 5.91 Å². The average Bonchev–Trinajstić information content (AvgIpc) is 3.06. The molecule has 0 aliphatic rings. The summed E-state index contributed by atoms with van der Waals surface area (Å²) >= 11 is 6.20. The molecule has 1 aromatic carbocycles. The Balaban J connectivity index is 1.74. The normalized spacial score (nSPS) is 12.1. The second kappa shape index (κ2) is 7.98. The SMILES string of the molecule is Cc1nc2c(C(N)=O)ncn2c(C)c1CCC(=O)N[C@@H](C)c1ccccc1Cl. The lowest BCUT2D eigenvalue weighted by molar-refractivity contribution is -0.121. The van der Waals surface area contributed by atoms with Crippen LogP contribution in [0.3, 0.4) is 0 Å². The van der Waals surface area contributed by atoms with E-state index in [-0.39, 0.29) is 17.6 Å². The van der Waals surface area contributed by atoms with Gasteiger partial charge in [-0.15, -0.1) is 0 Å². The molecule has 3 rings (SSSR count). The van der Waals surface area contributed by atoms with Crippen LogP contribution in [0.25, 0.3) is 5.65 Å². The van der Waals surface area contributed by atoms with Gasteiger partial charge in [-0.1, -0.05) is 29.8 Å². The van der Waals surface area contributed by atoms with E-state index in [2.05, 4.69) is 15.3 Å². The molecule has 146 valence electrons. The molecule has 3 aromatic rings. The van der Waals surface area contributed by atoms with E-state index >= 15 is 0 Å². The number of fused-ring (bicyclic) bond motifs is 1. The number of nitrogens with zero attached hydrogens (tertiary/aromatic N) is 3. The van der Waals surface area contributed by atoms with Crippen LogP contribution in [0.1, 0.15) is 52.4 Å². The highest BCUT2D eigenvalue weighted by Crippen LogP contribution is 2.23. The second-order valence-corrected chi connectivity index (χ2v) is 7.13. The van der Waals surface area contributed by atoms with Gasteiger partial charge in [-0.3, -0.25) is 14.0 Å². The lowest BCUT2D eigenvalue weighted by Gasteiger charge is -2.16. The van der Waals surface area contributed by atoms with Crippen LogP contribution >= 0.6 is 11.6 Å². The molecule has 7 nitrogen and oxygen atoms in total. The molecule has 0 bridgehead atoms. The first-order chi connectivity index (χ1) is 13.3. The maximum atomic E-state index is 12.4. The molecule has 8 heteroatoms. The van der Waals surface area contributed by atoms with Crippen LogP contribution in [0.2, 0.25) is 5.02 Å². The molecule has 3 N–H and O–H groups in total. The minimum atomic E-state index is -0.616. The van der Waals surface area contributed by atoms with Crippen molar-refractivity contribution in [2.75, 3.05) is 0 Å². The third-order valence-corrected chi connectivity index (χ3v) is 5.18. The Hall–Kier alpha value is -2.93. The van der Waals surface area contributed by atoms with Gasteiger partial charge in [-0.25, -0.2) is 9.97 Å². The first-order valence-corrected chi connectivity index (χ1v) is 9.34. The first-order valence-electron chi connectivity index (χ1n) is 8.96. The number of aromatic nitrogens is 3. The Kier molecular flexibility index (Phi) is 5.65. The number of halogens is 1. The van der Waals surface area contributed by atoms with E-state index in [0.717, 1.165) is 22.5 Å². The molecule has 0 aliphatic carbocycles. The highest BCUT2D eigenvalue weighted by atomic mass is 35.5. The van der Waals surface area contributed by atoms with Gasteiger partial charge in [-0.2, -0.15) is 0 Å². The molecule has 2 heterocycles. The van der Waals surface area contributed by atoms with Crippen LogP contribution in [0, 0.1) is 13.8 Å². The van der Waals surface area contributed by atoms with E-state index in [0.29, 0.717) is 23.5 Å². The van der Waals surface area contributed by atoms with Crippen LogP contribution < -0.4 is 11.1 Å². The summed E-state index contributed by atoms with van der Waals surface area (Å²) in [5.74, 6) is -0.690. The van der Waals surface area contributed by atoms with Crippen molar-refractivity contribution < 1.29 is 9.59 Å². The van der Waals surface area contributed by atoms with Gasteiger partial charge in [0, 0.05) is 22.8 Å². The Bertz CT molecular complexity index is 1060. The highest BCUT2D eigenvalue weighted by Gasteiger charge is 2.18. The molecule has 0 saturated heterocycles. The van der Waals surface area contributed by atoms with Crippen LogP contribution in [-0.4, -0.2) is 26.2 Å². The summed E-state index contributed by atoms with van der Waals surface area (Å²) in [5.41, 5.74) is 9.38. The van der Waals surface area contributed by atoms with Crippen molar-refractivity contribution in [2.24, 2.45) is 5.73 Å². The zero-order chi connectivity index (χ0) is 20.4. The number of hydrogen-bond donors (Lipinski definition) is 2. The lowest BCUT2D eigenvalue weighted by Crippen LogP contribution is -2.27. The van der Waals surface area contributed by atoms with E-state index in [9.17, 15) is 9.59 Å². The maximum Gasteiger partial charge on any atom is 0.271 e. The predicted molar refractivity (Wildman–Crippen MR) is 107 cm³/mol. The number of carbonyl (C=O) groups is 2. The van der Waals surface area contributed by atoms with Gasteiger partial charge in [0.05, 0.1) is 6.04 Å². The van der Waals surface area contributed by atoms with Crippen LogP contribution in [-0.2, 0) is 11.2 Å². The third-order valence-electron chi connectivity index (χ3n) is 4.84. The number of hydrogen-bond acceptors (Lipinski definition) is 4. The maximum absolute atomic E-state index is 12.4. The van der Waals surface area contributed by atoms with E-state index in [1.807, 2.05) is 39.0 Å². The number of rotatable bonds is 6. The molecule has 0 radical (unpaired) electrons. The predicted octanol–water partition coefficient (Wildman–Crippen LogP) is 2.91. The molecule has 2 amide bonds. The zero-order valence-corrected chi connectivity index (χ0v) is 16.7. The third kappa shape index (κ3) is 3.84. The number of imidazole rings is 1. The minimum absolute atomic E-state index is 0.0743. The van der Waals surface area contributed by atoms with Gasteiger partial charge in [0.2, 0.25) is 5.91 Å². The molecule has 28 heavy (non-hydrogen) atoms. The molecule has 0 fully saturated rings. The number of benzene rings is 1. The molecule has 0 unspecified atom stereocenters. The number of carbonyl (C=O) groups excluding carboxylic acids is 2. The lowest BCUT2D eigenvalue weighted by atomic mass is 10.0. The van der Waals surface area contributed by atoms with Crippen molar-refractivity contribution in [3.8, 4) is 0 Å². The standard InChI is InChI=1S/C20H22ClN5O2/c1-11-14(13(3)26-10-23-18(19(22)28)20(26)25-11)8-9-17(27)24-12(2)15-6-4-5-7-16(15)21/h4-7,10,12H,8-9H2,1-3H3,(H2,22,28)(H,24,27)/t12-/m0/s1. The molecule has 2 aromatic heterocycles. The highest BCUT2D eigenvalue weighted by molar-refractivity contribution is 6.31. The fourth-order valence-electron chi connectivity index (χ4n) is 3.32. The van der Waals surface area contributed by atoms with E-state index in [1.165, 1.54) is 6.33 Å². The van der Waals surface area contributed by atoms with Gasteiger partial charge in [0.15, 0.2) is 11.3 Å². The summed E-state index contributed by atoms with van der Waals surface area (Å²) in [4.78, 5) is 32.4. The molecule has 1 atom stereocenters. The second-order valence-electron chi connectivity index (χ2n) is 6.72. The summed E-state index contributed by atoms with van der Waals surface area (Å²) in [6.45, 7) is 5.66. The number of primary amides is 1. The van der Waals surface area contributed by atoms with Gasteiger partial charge >= 0.3 is 0 Å². The Morgan fingerprint density at radius 3 is 2.68 bits per heavy atom. The summed E-state index contributed by atoms with van der Waals surface area (Å²) in [7, 11) is 0. The average molecular weight is 400 g/mol. The summed E-state index contributed by atoms with van der Waals surface area (Å²) in [6, 6.07) is 7.27. The van der Waals surface area contributed by atoms with Crippen molar-refractivity contribution in [2.45, 2.75) is 39.7 Å². The smallest absolute Gasteiger partial charge is 0.271 e. The van der Waals surface area contributed by atoms with E-state index in [1.54, 1.807) is 10.5 Å². The Morgan fingerprint density at radius 2 is 2.00 bits per heavy atom. The summed E-state index contributed by atoms with van der Waals surface area (Å²) < 4.78 is 1.73. The fourth-order valence-corrected chi connectivity index (χ4v) is 3.62. The fraction of sp³-hybridized carbons (Fsp3) is 0.300. The monoisotopic (exact) mass is 399 g/mol. The largest absolute Gasteiger partial charge is 0.364 e. The molecular weight excluding hydrogens is 378 g/mol. The van der Waals surface area contributed by atoms with Gasteiger partial charge < -0.3 is 11.1 Å². The van der Waals surface area contributed by atoms with Crippen molar-refractivity contribution in [1.29, 1.82) is 0 Å². The molecular formula is C20H22ClN5O2. The number of amides is 2. The minimum Gasteiger partial charge on any atom is -0.364 e. The topological polar surface area (TPSA) is 102 Å². The summed E-state index contributed by atoms with van der Waals surface area (Å²) in [6.07, 6.45) is 2.35. The first kappa shape index (κ1) is 19.8. The van der Waals surface area contributed by atoms with Crippen molar-refractivity contribution >= 4 is 29.1 Å². The van der Waals surface area contributed by atoms with Crippen molar-refractivity contribution in [1.82, 2.24) is 19.7 Å². The molecule has 0 aliphatic heterocycles. The Morgan fingerprint density at radius 1 is 1.29 bits per heavy atom. The van der Waals surface area contributed by atoms with Gasteiger partial charge in [0.1, 0.15) is 6.33 Å². The quantitative estimate of drug-likeness (QED) is 0.665. The van der Waals surface area contributed by atoms with Crippen molar-refractivity contribution in [3.05, 3.63) is 63.8 Å². The summed E-state index contributed by atoms with van der Waals surface area (Å²) in [5, 5.41) is 3.61. The van der Waals surface area contributed by atoms with Gasteiger partial charge in [-0.05, 0) is 44.4 Å². The number of nitrogens with one attached hydrogen (secondary N) is 1. The van der Waals surface area contributed by atoms with Crippen LogP contribution in [0.5, 0.6) is 0 Å². The molecule has 0 saturated carbocycles. The van der Waals surface area contributed by atoms with E-state index in [4.69, 9.17) is 17.3 Å². The van der Waals surface area contributed by atoms with Gasteiger partial charge in [0.25, 0.3) is 5.91 Å². The number of aryl methyl sites for hydroxylation is 2. The number of nitrogens with two attached hydrogens (primary N) is 1. The van der Waals surface area contributed by atoms with Crippen LogP contribution in [0.4, 0.5) is 0 Å². The van der Waals surface area contributed by atoms with Crippen LogP contribution in [0.15, 0.2) is 30.6 Å².